The van der Waals surface area contributed by atoms with Crippen molar-refractivity contribution in [3.05, 3.63) is 29.8 Å². The fourth-order valence-corrected chi connectivity index (χ4v) is 1.39. The minimum atomic E-state index is -0.628. The lowest BCUT2D eigenvalue weighted by Crippen LogP contribution is -2.27. The van der Waals surface area contributed by atoms with Gasteiger partial charge in [0.25, 0.3) is 0 Å². The predicted molar refractivity (Wildman–Crippen MR) is 61.9 cm³/mol. The molecule has 0 spiro atoms. The number of hydrogen-bond acceptors (Lipinski definition) is 3. The Morgan fingerprint density at radius 1 is 1.12 bits per heavy atom. The van der Waals surface area contributed by atoms with Crippen LogP contribution in [-0.2, 0) is 9.47 Å². The third-order valence-corrected chi connectivity index (χ3v) is 2.11. The van der Waals surface area contributed by atoms with Gasteiger partial charge in [0.15, 0.2) is 6.29 Å². The van der Waals surface area contributed by atoms with Crippen LogP contribution in [0.3, 0.4) is 0 Å². The highest BCUT2D eigenvalue weighted by Gasteiger charge is 2.12. The van der Waals surface area contributed by atoms with E-state index >= 15 is 0 Å². The van der Waals surface area contributed by atoms with Crippen molar-refractivity contribution in [3.63, 3.8) is 0 Å². The Balaban J connectivity index is 2.58. The van der Waals surface area contributed by atoms with Crippen LogP contribution < -0.4 is 5.32 Å². The summed E-state index contributed by atoms with van der Waals surface area (Å²) < 4.78 is 37.1. The zero-order valence-electron chi connectivity index (χ0n) is 10.0. The maximum absolute atomic E-state index is 13.3. The van der Waals surface area contributed by atoms with E-state index in [0.29, 0.717) is 13.2 Å². The lowest BCUT2D eigenvalue weighted by atomic mass is 10.3. The van der Waals surface area contributed by atoms with Crippen LogP contribution in [-0.4, -0.2) is 26.0 Å². The van der Waals surface area contributed by atoms with Crippen LogP contribution in [0.15, 0.2) is 18.2 Å². The summed E-state index contributed by atoms with van der Waals surface area (Å²) in [5.41, 5.74) is -0.156. The molecule has 1 aromatic carbocycles. The standard InChI is InChI=1S/C12H17F2NO2/c1-3-16-11(17-4-2)8-15-12-9(13)6-5-7-10(12)14/h5-7,11,15H,3-4,8H2,1-2H3. The molecule has 0 aromatic heterocycles. The summed E-state index contributed by atoms with van der Waals surface area (Å²) in [6.07, 6.45) is -0.510. The fraction of sp³-hybridized carbons (Fsp3) is 0.500. The van der Waals surface area contributed by atoms with Crippen LogP contribution in [0.4, 0.5) is 14.5 Å². The summed E-state index contributed by atoms with van der Waals surface area (Å²) in [6, 6.07) is 3.71. The van der Waals surface area contributed by atoms with Gasteiger partial charge in [0.2, 0.25) is 0 Å². The third-order valence-electron chi connectivity index (χ3n) is 2.11. The molecule has 5 heteroatoms. The predicted octanol–water partition coefficient (Wildman–Crippen LogP) is 2.78. The first-order valence-corrected chi connectivity index (χ1v) is 5.60. The lowest BCUT2D eigenvalue weighted by Gasteiger charge is -2.18. The van der Waals surface area contributed by atoms with Gasteiger partial charge in [0.05, 0.1) is 6.54 Å². The second-order valence-electron chi connectivity index (χ2n) is 3.32. The number of benzene rings is 1. The zero-order valence-corrected chi connectivity index (χ0v) is 10.0. The number of rotatable bonds is 7. The summed E-state index contributed by atoms with van der Waals surface area (Å²) in [5, 5.41) is 2.65. The Hall–Kier alpha value is -1.20. The van der Waals surface area contributed by atoms with Crippen molar-refractivity contribution < 1.29 is 18.3 Å². The molecular weight excluding hydrogens is 228 g/mol. The second-order valence-corrected chi connectivity index (χ2v) is 3.32. The van der Waals surface area contributed by atoms with Crippen molar-refractivity contribution >= 4 is 5.69 Å². The minimum absolute atomic E-state index is 0.156. The summed E-state index contributed by atoms with van der Waals surface area (Å²) in [7, 11) is 0. The molecular formula is C12H17F2NO2. The van der Waals surface area contributed by atoms with Crippen molar-refractivity contribution in [1.29, 1.82) is 0 Å². The van der Waals surface area contributed by atoms with Crippen LogP contribution in [0.25, 0.3) is 0 Å². The maximum atomic E-state index is 13.3. The molecule has 0 saturated carbocycles. The highest BCUT2D eigenvalue weighted by molar-refractivity contribution is 5.45. The average Bonchev–Trinajstić information content (AvgIpc) is 2.29. The molecule has 0 unspecified atom stereocenters. The number of ether oxygens (including phenoxy) is 2. The molecule has 0 aliphatic heterocycles. The Kier molecular flexibility index (Phi) is 5.86. The van der Waals surface area contributed by atoms with E-state index in [-0.39, 0.29) is 12.2 Å². The van der Waals surface area contributed by atoms with Gasteiger partial charge in [-0.3, -0.25) is 0 Å². The van der Waals surface area contributed by atoms with Gasteiger partial charge in [-0.2, -0.15) is 0 Å². The molecule has 0 bridgehead atoms. The topological polar surface area (TPSA) is 30.5 Å². The SMILES string of the molecule is CCOC(CNc1c(F)cccc1F)OCC. The van der Waals surface area contributed by atoms with Crippen LogP contribution in [0, 0.1) is 11.6 Å². The molecule has 1 N–H and O–H groups in total. The molecule has 0 radical (unpaired) electrons. The van der Waals surface area contributed by atoms with E-state index in [1.165, 1.54) is 18.2 Å². The van der Waals surface area contributed by atoms with E-state index in [1.54, 1.807) is 0 Å². The fourth-order valence-electron chi connectivity index (χ4n) is 1.39. The van der Waals surface area contributed by atoms with Gasteiger partial charge in [0, 0.05) is 13.2 Å². The molecule has 96 valence electrons. The van der Waals surface area contributed by atoms with Crippen molar-refractivity contribution in [2.24, 2.45) is 0 Å². The van der Waals surface area contributed by atoms with Gasteiger partial charge >= 0.3 is 0 Å². The maximum Gasteiger partial charge on any atom is 0.174 e. The summed E-state index contributed by atoms with van der Waals surface area (Å²) in [5.74, 6) is -1.26. The van der Waals surface area contributed by atoms with Crippen molar-refractivity contribution in [1.82, 2.24) is 0 Å². The van der Waals surface area contributed by atoms with Crippen LogP contribution in [0.5, 0.6) is 0 Å². The summed E-state index contributed by atoms with van der Waals surface area (Å²) >= 11 is 0. The van der Waals surface area contributed by atoms with E-state index in [0.717, 1.165) is 0 Å². The largest absolute Gasteiger partial charge is 0.375 e. The zero-order chi connectivity index (χ0) is 12.7. The van der Waals surface area contributed by atoms with E-state index in [9.17, 15) is 8.78 Å². The molecule has 3 nitrogen and oxygen atoms in total. The molecule has 0 amide bonds. The first kappa shape index (κ1) is 13.9. The Morgan fingerprint density at radius 3 is 2.12 bits per heavy atom. The average molecular weight is 245 g/mol. The molecule has 0 atom stereocenters. The monoisotopic (exact) mass is 245 g/mol. The quantitative estimate of drug-likeness (QED) is 0.749. The summed E-state index contributed by atoms with van der Waals surface area (Å²) in [6.45, 7) is 4.81. The van der Waals surface area contributed by atoms with E-state index < -0.39 is 17.9 Å². The Labute approximate surface area is 99.7 Å². The van der Waals surface area contributed by atoms with E-state index in [2.05, 4.69) is 5.32 Å². The normalized spacial score (nSPS) is 10.9. The molecule has 0 aliphatic rings. The molecule has 1 aromatic rings. The van der Waals surface area contributed by atoms with Gasteiger partial charge in [-0.1, -0.05) is 6.07 Å². The molecule has 17 heavy (non-hydrogen) atoms. The van der Waals surface area contributed by atoms with Gasteiger partial charge in [-0.15, -0.1) is 0 Å². The van der Waals surface area contributed by atoms with Gasteiger partial charge < -0.3 is 14.8 Å². The minimum Gasteiger partial charge on any atom is -0.375 e. The number of nitrogens with one attached hydrogen (secondary N) is 1. The van der Waals surface area contributed by atoms with Gasteiger partial charge in [-0.05, 0) is 26.0 Å². The summed E-state index contributed by atoms with van der Waals surface area (Å²) in [4.78, 5) is 0. The Morgan fingerprint density at radius 2 is 1.65 bits per heavy atom. The molecule has 0 fully saturated rings. The number of halogens is 2. The highest BCUT2D eigenvalue weighted by atomic mass is 19.1. The number of hydrogen-bond donors (Lipinski definition) is 1. The van der Waals surface area contributed by atoms with Crippen molar-refractivity contribution in [3.8, 4) is 0 Å². The van der Waals surface area contributed by atoms with Crippen molar-refractivity contribution in [2.75, 3.05) is 25.1 Å². The highest BCUT2D eigenvalue weighted by Crippen LogP contribution is 2.17. The third kappa shape index (κ3) is 4.28. The number of anilines is 1. The Bertz CT molecular complexity index is 321. The molecule has 0 aliphatic carbocycles. The molecule has 1 rings (SSSR count). The van der Waals surface area contributed by atoms with E-state index in [4.69, 9.17) is 9.47 Å². The van der Waals surface area contributed by atoms with Crippen LogP contribution >= 0.6 is 0 Å². The first-order chi connectivity index (χ1) is 8.19. The van der Waals surface area contributed by atoms with Gasteiger partial charge in [-0.25, -0.2) is 8.78 Å². The van der Waals surface area contributed by atoms with Crippen LogP contribution in [0.1, 0.15) is 13.8 Å². The van der Waals surface area contributed by atoms with E-state index in [1.807, 2.05) is 13.8 Å². The second kappa shape index (κ2) is 7.19. The lowest BCUT2D eigenvalue weighted by molar-refractivity contribution is -0.126. The first-order valence-electron chi connectivity index (χ1n) is 5.60. The van der Waals surface area contributed by atoms with Crippen LogP contribution in [0.2, 0.25) is 0 Å². The molecule has 0 saturated heterocycles. The smallest absolute Gasteiger partial charge is 0.174 e. The number of para-hydroxylation sites is 1. The van der Waals surface area contributed by atoms with Crippen molar-refractivity contribution in [2.45, 2.75) is 20.1 Å². The molecule has 0 heterocycles. The van der Waals surface area contributed by atoms with Gasteiger partial charge in [0.1, 0.15) is 17.3 Å².